The number of anilines is 1. The summed E-state index contributed by atoms with van der Waals surface area (Å²) >= 11 is 6.10. The molecule has 0 bridgehead atoms. The number of ether oxygens (including phenoxy) is 1. The predicted octanol–water partition coefficient (Wildman–Crippen LogP) is 4.23. The summed E-state index contributed by atoms with van der Waals surface area (Å²) < 4.78 is 5.82. The maximum absolute atomic E-state index is 6.10. The van der Waals surface area contributed by atoms with Crippen molar-refractivity contribution in [1.82, 2.24) is 0 Å². The van der Waals surface area contributed by atoms with Crippen molar-refractivity contribution in [2.75, 3.05) is 5.73 Å². The Labute approximate surface area is 118 Å². The molecule has 0 spiro atoms. The molecule has 0 aliphatic carbocycles. The van der Waals surface area contributed by atoms with Gasteiger partial charge in [0, 0.05) is 16.3 Å². The van der Waals surface area contributed by atoms with Crippen molar-refractivity contribution in [3.8, 4) is 5.75 Å². The molecule has 0 aliphatic rings. The van der Waals surface area contributed by atoms with Gasteiger partial charge in [0.1, 0.15) is 12.4 Å². The number of hydrogen-bond acceptors (Lipinski definition) is 2. The molecule has 0 saturated carbocycles. The van der Waals surface area contributed by atoms with Gasteiger partial charge in [-0.05, 0) is 36.2 Å². The van der Waals surface area contributed by atoms with Gasteiger partial charge in [0.25, 0.3) is 0 Å². The molecule has 0 aromatic heterocycles. The van der Waals surface area contributed by atoms with E-state index in [1.54, 1.807) is 0 Å². The third-order valence-electron chi connectivity index (χ3n) is 2.79. The van der Waals surface area contributed by atoms with Gasteiger partial charge in [-0.3, -0.25) is 0 Å². The zero-order valence-electron chi connectivity index (χ0n) is 10.6. The molecule has 2 rings (SSSR count). The number of allylic oxidation sites excluding steroid dienone is 1. The molecule has 3 heteroatoms. The number of nitrogens with two attached hydrogens (primary N) is 1. The van der Waals surface area contributed by atoms with E-state index in [1.165, 1.54) is 0 Å². The molecule has 0 radical (unpaired) electrons. The summed E-state index contributed by atoms with van der Waals surface area (Å²) in [6, 6.07) is 13.3. The van der Waals surface area contributed by atoms with E-state index in [4.69, 9.17) is 22.1 Å². The number of nitrogen functional groups attached to an aromatic ring is 1. The molecule has 2 N–H and O–H groups in total. The Morgan fingerprint density at radius 1 is 1.16 bits per heavy atom. The summed E-state index contributed by atoms with van der Waals surface area (Å²) in [5, 5.41) is 0.711. The zero-order valence-corrected chi connectivity index (χ0v) is 11.4. The Morgan fingerprint density at radius 3 is 2.68 bits per heavy atom. The Bertz CT molecular complexity index is 581. The average Bonchev–Trinajstić information content (AvgIpc) is 2.40. The van der Waals surface area contributed by atoms with Crippen molar-refractivity contribution in [3.05, 3.63) is 71.3 Å². The molecule has 0 saturated heterocycles. The first-order valence-corrected chi connectivity index (χ1v) is 6.44. The maximum Gasteiger partial charge on any atom is 0.123 e. The summed E-state index contributed by atoms with van der Waals surface area (Å²) in [6.45, 7) is 4.18. The van der Waals surface area contributed by atoms with E-state index < -0.39 is 0 Å². The Hall–Kier alpha value is -1.93. The van der Waals surface area contributed by atoms with Crippen LogP contribution in [0.1, 0.15) is 11.1 Å². The summed E-state index contributed by atoms with van der Waals surface area (Å²) in [6.07, 6.45) is 2.56. The first kappa shape index (κ1) is 13.5. The van der Waals surface area contributed by atoms with Gasteiger partial charge in [-0.1, -0.05) is 35.9 Å². The second-order valence-corrected chi connectivity index (χ2v) is 4.65. The van der Waals surface area contributed by atoms with Crippen LogP contribution in [0.15, 0.2) is 55.1 Å². The van der Waals surface area contributed by atoms with Crippen LogP contribution in [0.5, 0.6) is 5.75 Å². The molecule has 2 aromatic carbocycles. The fourth-order valence-electron chi connectivity index (χ4n) is 1.83. The fraction of sp³-hybridized carbons (Fsp3) is 0.125. The molecule has 0 amide bonds. The fourth-order valence-corrected chi connectivity index (χ4v) is 2.02. The molecule has 0 atom stereocenters. The van der Waals surface area contributed by atoms with Crippen molar-refractivity contribution in [1.29, 1.82) is 0 Å². The second kappa shape index (κ2) is 6.30. The van der Waals surface area contributed by atoms with Crippen molar-refractivity contribution in [2.45, 2.75) is 13.0 Å². The van der Waals surface area contributed by atoms with Gasteiger partial charge in [-0.15, -0.1) is 6.58 Å². The molecule has 2 nitrogen and oxygen atoms in total. The van der Waals surface area contributed by atoms with Crippen LogP contribution in [-0.4, -0.2) is 0 Å². The minimum atomic E-state index is 0.438. The number of hydrogen-bond donors (Lipinski definition) is 1. The highest BCUT2D eigenvalue weighted by Gasteiger charge is 2.05. The first-order valence-electron chi connectivity index (χ1n) is 6.06. The maximum atomic E-state index is 6.10. The van der Waals surface area contributed by atoms with Crippen molar-refractivity contribution in [2.24, 2.45) is 0 Å². The van der Waals surface area contributed by atoms with E-state index in [1.807, 2.05) is 48.5 Å². The van der Waals surface area contributed by atoms with Crippen LogP contribution in [0.25, 0.3) is 0 Å². The first-order chi connectivity index (χ1) is 9.20. The van der Waals surface area contributed by atoms with Gasteiger partial charge in [0.05, 0.1) is 0 Å². The van der Waals surface area contributed by atoms with Crippen LogP contribution >= 0.6 is 11.6 Å². The van der Waals surface area contributed by atoms with Crippen LogP contribution in [0.2, 0.25) is 5.02 Å². The monoisotopic (exact) mass is 273 g/mol. The molecule has 0 aliphatic heterocycles. The average molecular weight is 274 g/mol. The van der Waals surface area contributed by atoms with E-state index in [-0.39, 0.29) is 0 Å². The van der Waals surface area contributed by atoms with E-state index in [0.717, 1.165) is 29.0 Å². The Kier molecular flexibility index (Phi) is 4.48. The Balaban J connectivity index is 2.15. The SMILES string of the molecule is C=CCc1cc(N)ccc1OCc1ccccc1Cl. The Morgan fingerprint density at radius 2 is 1.95 bits per heavy atom. The highest BCUT2D eigenvalue weighted by Crippen LogP contribution is 2.24. The van der Waals surface area contributed by atoms with Crippen molar-refractivity contribution < 1.29 is 4.74 Å². The molecular formula is C16H16ClNO. The molecule has 19 heavy (non-hydrogen) atoms. The lowest BCUT2D eigenvalue weighted by Crippen LogP contribution is -2.00. The number of rotatable bonds is 5. The number of benzene rings is 2. The highest BCUT2D eigenvalue weighted by atomic mass is 35.5. The van der Waals surface area contributed by atoms with Gasteiger partial charge < -0.3 is 10.5 Å². The van der Waals surface area contributed by atoms with Crippen LogP contribution in [-0.2, 0) is 13.0 Å². The lowest BCUT2D eigenvalue weighted by atomic mass is 10.1. The van der Waals surface area contributed by atoms with Crippen LogP contribution < -0.4 is 10.5 Å². The van der Waals surface area contributed by atoms with Crippen LogP contribution in [0.4, 0.5) is 5.69 Å². The molecule has 0 fully saturated rings. The van der Waals surface area contributed by atoms with E-state index >= 15 is 0 Å². The minimum Gasteiger partial charge on any atom is -0.489 e. The third-order valence-corrected chi connectivity index (χ3v) is 3.16. The predicted molar refractivity (Wildman–Crippen MR) is 80.5 cm³/mol. The molecule has 0 unspecified atom stereocenters. The van der Waals surface area contributed by atoms with Gasteiger partial charge in [-0.2, -0.15) is 0 Å². The third kappa shape index (κ3) is 3.52. The molecule has 98 valence electrons. The van der Waals surface area contributed by atoms with E-state index in [9.17, 15) is 0 Å². The topological polar surface area (TPSA) is 35.2 Å². The standard InChI is InChI=1S/C16H16ClNO/c1-2-5-12-10-14(18)8-9-16(12)19-11-13-6-3-4-7-15(13)17/h2-4,6-10H,1,5,11,18H2. The second-order valence-electron chi connectivity index (χ2n) is 4.24. The van der Waals surface area contributed by atoms with E-state index in [0.29, 0.717) is 11.6 Å². The van der Waals surface area contributed by atoms with E-state index in [2.05, 4.69) is 6.58 Å². The van der Waals surface area contributed by atoms with Crippen LogP contribution in [0, 0.1) is 0 Å². The normalized spacial score (nSPS) is 10.2. The van der Waals surface area contributed by atoms with Gasteiger partial charge >= 0.3 is 0 Å². The summed E-state index contributed by atoms with van der Waals surface area (Å²) in [7, 11) is 0. The smallest absolute Gasteiger partial charge is 0.123 e. The van der Waals surface area contributed by atoms with Gasteiger partial charge in [-0.25, -0.2) is 0 Å². The minimum absolute atomic E-state index is 0.438. The summed E-state index contributed by atoms with van der Waals surface area (Å²) in [5.41, 5.74) is 8.50. The highest BCUT2D eigenvalue weighted by molar-refractivity contribution is 6.31. The van der Waals surface area contributed by atoms with Crippen molar-refractivity contribution in [3.63, 3.8) is 0 Å². The lowest BCUT2D eigenvalue weighted by Gasteiger charge is -2.12. The quantitative estimate of drug-likeness (QED) is 0.654. The lowest BCUT2D eigenvalue weighted by molar-refractivity contribution is 0.303. The molecule has 0 heterocycles. The van der Waals surface area contributed by atoms with Gasteiger partial charge in [0.15, 0.2) is 0 Å². The number of halogens is 1. The molecular weight excluding hydrogens is 258 g/mol. The summed E-state index contributed by atoms with van der Waals surface area (Å²) in [5.74, 6) is 0.814. The summed E-state index contributed by atoms with van der Waals surface area (Å²) in [4.78, 5) is 0. The zero-order chi connectivity index (χ0) is 13.7. The molecule has 2 aromatic rings. The van der Waals surface area contributed by atoms with Crippen molar-refractivity contribution >= 4 is 17.3 Å². The van der Waals surface area contributed by atoms with Crippen LogP contribution in [0.3, 0.4) is 0 Å². The largest absolute Gasteiger partial charge is 0.489 e. The van der Waals surface area contributed by atoms with Gasteiger partial charge in [0.2, 0.25) is 0 Å².